The molecule has 0 spiro atoms. The minimum Gasteiger partial charge on any atom is -0.341 e. The van der Waals surface area contributed by atoms with Crippen LogP contribution in [0, 0.1) is 0 Å². The van der Waals surface area contributed by atoms with E-state index < -0.39 is 0 Å². The molecular formula is C15H19BrN2O2. The van der Waals surface area contributed by atoms with E-state index >= 15 is 0 Å². The minimum absolute atomic E-state index is 0.106. The number of likely N-dealkylation sites (N-methyl/N-ethyl adjacent to an activating group) is 1. The third-order valence-corrected chi connectivity index (χ3v) is 3.91. The maximum atomic E-state index is 12.1. The van der Waals surface area contributed by atoms with E-state index in [1.165, 1.54) is 5.56 Å². The van der Waals surface area contributed by atoms with Gasteiger partial charge >= 0.3 is 0 Å². The molecule has 0 saturated carbocycles. The number of hydrogen-bond donors (Lipinski definition) is 0. The van der Waals surface area contributed by atoms with Crippen LogP contribution in [0.1, 0.15) is 18.4 Å². The van der Waals surface area contributed by atoms with Crippen LogP contribution in [0.25, 0.3) is 0 Å². The summed E-state index contributed by atoms with van der Waals surface area (Å²) < 4.78 is 1.05. The molecule has 1 amide bonds. The van der Waals surface area contributed by atoms with Gasteiger partial charge in [-0.05, 0) is 24.7 Å². The predicted molar refractivity (Wildman–Crippen MR) is 81.3 cm³/mol. The molecule has 0 aliphatic carbocycles. The third kappa shape index (κ3) is 4.42. The fourth-order valence-corrected chi connectivity index (χ4v) is 2.79. The van der Waals surface area contributed by atoms with Crippen LogP contribution in [0.2, 0.25) is 0 Å². The van der Waals surface area contributed by atoms with E-state index in [2.05, 4.69) is 22.0 Å². The van der Waals surface area contributed by atoms with Crippen molar-refractivity contribution in [3.63, 3.8) is 0 Å². The summed E-state index contributed by atoms with van der Waals surface area (Å²) in [5.74, 6) is 0.367. The van der Waals surface area contributed by atoms with Crippen molar-refractivity contribution in [1.82, 2.24) is 9.80 Å². The molecule has 0 radical (unpaired) electrons. The number of ketones is 1. The molecule has 108 valence electrons. The smallest absolute Gasteiger partial charge is 0.236 e. The molecule has 2 rings (SSSR count). The number of amides is 1. The summed E-state index contributed by atoms with van der Waals surface area (Å²) in [6.07, 6.45) is 1.00. The van der Waals surface area contributed by atoms with Crippen LogP contribution < -0.4 is 0 Å². The SMILES string of the molecule is CN(CC(=O)N1CCC(=O)CC1)Cc1cccc(Br)c1. The molecule has 1 aliphatic heterocycles. The number of benzene rings is 1. The highest BCUT2D eigenvalue weighted by molar-refractivity contribution is 9.10. The van der Waals surface area contributed by atoms with Crippen LogP contribution in [-0.2, 0) is 16.1 Å². The van der Waals surface area contributed by atoms with Crippen molar-refractivity contribution in [3.05, 3.63) is 34.3 Å². The number of carbonyl (C=O) groups is 2. The summed E-state index contributed by atoms with van der Waals surface area (Å²) in [6, 6.07) is 8.08. The molecule has 1 aromatic rings. The van der Waals surface area contributed by atoms with Gasteiger partial charge in [-0.25, -0.2) is 0 Å². The van der Waals surface area contributed by atoms with Crippen molar-refractivity contribution in [2.24, 2.45) is 0 Å². The van der Waals surface area contributed by atoms with Gasteiger partial charge in [0, 0.05) is 36.9 Å². The van der Waals surface area contributed by atoms with Crippen LogP contribution in [0.5, 0.6) is 0 Å². The Morgan fingerprint density at radius 2 is 2.05 bits per heavy atom. The lowest BCUT2D eigenvalue weighted by Crippen LogP contribution is -2.43. The quantitative estimate of drug-likeness (QED) is 0.843. The van der Waals surface area contributed by atoms with E-state index in [1.54, 1.807) is 4.90 Å². The highest BCUT2D eigenvalue weighted by Gasteiger charge is 2.21. The molecule has 1 saturated heterocycles. The summed E-state index contributed by atoms with van der Waals surface area (Å²) in [7, 11) is 1.94. The first-order valence-electron chi connectivity index (χ1n) is 6.77. The molecule has 1 aliphatic rings. The summed E-state index contributed by atoms with van der Waals surface area (Å²) in [5, 5.41) is 0. The number of rotatable bonds is 4. The van der Waals surface area contributed by atoms with Crippen molar-refractivity contribution in [3.8, 4) is 0 Å². The highest BCUT2D eigenvalue weighted by atomic mass is 79.9. The van der Waals surface area contributed by atoms with Crippen molar-refractivity contribution in [2.75, 3.05) is 26.7 Å². The van der Waals surface area contributed by atoms with Crippen LogP contribution in [0.4, 0.5) is 0 Å². The van der Waals surface area contributed by atoms with E-state index in [-0.39, 0.29) is 11.7 Å². The first-order chi connectivity index (χ1) is 9.54. The van der Waals surface area contributed by atoms with Crippen LogP contribution in [0.15, 0.2) is 28.7 Å². The number of hydrogen-bond acceptors (Lipinski definition) is 3. The van der Waals surface area contributed by atoms with Gasteiger partial charge in [0.15, 0.2) is 0 Å². The molecule has 0 N–H and O–H groups in total. The second-order valence-electron chi connectivity index (χ2n) is 5.22. The molecule has 1 fully saturated rings. The summed E-state index contributed by atoms with van der Waals surface area (Å²) >= 11 is 3.45. The van der Waals surface area contributed by atoms with Gasteiger partial charge in [0.2, 0.25) is 5.91 Å². The Hall–Kier alpha value is -1.20. The molecule has 0 bridgehead atoms. The van der Waals surface area contributed by atoms with E-state index in [0.29, 0.717) is 32.5 Å². The van der Waals surface area contributed by atoms with Gasteiger partial charge in [-0.3, -0.25) is 14.5 Å². The Bertz CT molecular complexity index is 494. The number of piperidine rings is 1. The summed E-state index contributed by atoms with van der Waals surface area (Å²) in [6.45, 7) is 2.27. The zero-order valence-electron chi connectivity index (χ0n) is 11.6. The molecule has 0 atom stereocenters. The van der Waals surface area contributed by atoms with Gasteiger partial charge in [-0.15, -0.1) is 0 Å². The van der Waals surface area contributed by atoms with Crippen molar-refractivity contribution >= 4 is 27.6 Å². The lowest BCUT2D eigenvalue weighted by atomic mass is 10.1. The molecule has 20 heavy (non-hydrogen) atoms. The predicted octanol–water partition coefficient (Wildman–Crippen LogP) is 2.07. The number of nitrogens with zero attached hydrogens (tertiary/aromatic N) is 2. The van der Waals surface area contributed by atoms with Gasteiger partial charge in [0.05, 0.1) is 6.54 Å². The Labute approximate surface area is 127 Å². The first-order valence-corrected chi connectivity index (χ1v) is 7.56. The molecular weight excluding hydrogens is 320 g/mol. The lowest BCUT2D eigenvalue weighted by molar-refractivity contribution is -0.135. The number of Topliss-reactive ketones (excluding diaryl/α,β-unsaturated/α-hetero) is 1. The Kier molecular flexibility index (Phi) is 5.31. The van der Waals surface area contributed by atoms with Gasteiger partial charge in [-0.1, -0.05) is 28.1 Å². The normalized spacial score (nSPS) is 15.8. The summed E-state index contributed by atoms with van der Waals surface area (Å²) in [5.41, 5.74) is 1.17. The monoisotopic (exact) mass is 338 g/mol. The van der Waals surface area contributed by atoms with Crippen LogP contribution in [-0.4, -0.2) is 48.2 Å². The van der Waals surface area contributed by atoms with Crippen LogP contribution >= 0.6 is 15.9 Å². The van der Waals surface area contributed by atoms with E-state index in [1.807, 2.05) is 30.1 Å². The molecule has 5 heteroatoms. The number of likely N-dealkylation sites (tertiary alicyclic amines) is 1. The molecule has 1 aromatic carbocycles. The van der Waals surface area contributed by atoms with Crippen molar-refractivity contribution < 1.29 is 9.59 Å². The molecule has 1 heterocycles. The van der Waals surface area contributed by atoms with Crippen molar-refractivity contribution in [1.29, 1.82) is 0 Å². The fourth-order valence-electron chi connectivity index (χ4n) is 2.34. The standard InChI is InChI=1S/C15H19BrN2O2/c1-17(10-12-3-2-4-13(16)9-12)11-15(20)18-7-5-14(19)6-8-18/h2-4,9H,5-8,10-11H2,1H3. The van der Waals surface area contributed by atoms with Crippen LogP contribution in [0.3, 0.4) is 0 Å². The summed E-state index contributed by atoms with van der Waals surface area (Å²) in [4.78, 5) is 27.1. The topological polar surface area (TPSA) is 40.6 Å². The Morgan fingerprint density at radius 3 is 2.70 bits per heavy atom. The van der Waals surface area contributed by atoms with E-state index in [4.69, 9.17) is 0 Å². The Balaban J connectivity index is 1.83. The fraction of sp³-hybridized carbons (Fsp3) is 0.467. The van der Waals surface area contributed by atoms with Gasteiger partial charge in [-0.2, -0.15) is 0 Å². The van der Waals surface area contributed by atoms with E-state index in [9.17, 15) is 9.59 Å². The molecule has 0 unspecified atom stereocenters. The lowest BCUT2D eigenvalue weighted by Gasteiger charge is -2.28. The van der Waals surface area contributed by atoms with E-state index in [0.717, 1.165) is 11.0 Å². The average molecular weight is 339 g/mol. The maximum Gasteiger partial charge on any atom is 0.236 e. The number of halogens is 1. The second kappa shape index (κ2) is 6.99. The largest absolute Gasteiger partial charge is 0.341 e. The third-order valence-electron chi connectivity index (χ3n) is 3.42. The maximum absolute atomic E-state index is 12.1. The first kappa shape index (κ1) is 15.2. The average Bonchev–Trinajstić information content (AvgIpc) is 2.39. The van der Waals surface area contributed by atoms with Gasteiger partial charge < -0.3 is 4.90 Å². The minimum atomic E-state index is 0.106. The highest BCUT2D eigenvalue weighted by Crippen LogP contribution is 2.13. The number of carbonyl (C=O) groups excluding carboxylic acids is 2. The van der Waals surface area contributed by atoms with Crippen molar-refractivity contribution in [2.45, 2.75) is 19.4 Å². The molecule has 0 aromatic heterocycles. The van der Waals surface area contributed by atoms with Gasteiger partial charge in [0.1, 0.15) is 5.78 Å². The molecule has 4 nitrogen and oxygen atoms in total. The second-order valence-corrected chi connectivity index (χ2v) is 6.14. The van der Waals surface area contributed by atoms with Gasteiger partial charge in [0.25, 0.3) is 0 Å². The Morgan fingerprint density at radius 1 is 1.35 bits per heavy atom. The zero-order chi connectivity index (χ0) is 14.5. The zero-order valence-corrected chi connectivity index (χ0v) is 13.2.